The molecule has 0 radical (unpaired) electrons. The highest BCUT2D eigenvalue weighted by molar-refractivity contribution is 5.98. The van der Waals surface area contributed by atoms with Gasteiger partial charge in [0.25, 0.3) is 5.91 Å². The maximum absolute atomic E-state index is 12.6. The van der Waals surface area contributed by atoms with Crippen LogP contribution >= 0.6 is 0 Å². The molecule has 26 heavy (non-hydrogen) atoms. The van der Waals surface area contributed by atoms with Gasteiger partial charge in [-0.15, -0.1) is 0 Å². The number of carbonyl (C=O) groups is 2. The molecule has 0 spiro atoms. The zero-order valence-electron chi connectivity index (χ0n) is 15.8. The van der Waals surface area contributed by atoms with Crippen LogP contribution in [0.3, 0.4) is 0 Å². The number of ether oxygens (including phenoxy) is 1. The molecule has 1 amide bonds. The standard InChI is InChI=1S/C19H26N4O3/c1-19(2,3)26-18(25)23-12-20-15-6-5-13(11-16(15)23)17(24)21-14-7-9-22(4)10-8-14/h5-6,11-12,14H,7-10H2,1-4H3,(H,21,24). The van der Waals surface area contributed by atoms with Gasteiger partial charge in [-0.3, -0.25) is 4.79 Å². The molecule has 0 aliphatic carbocycles. The Morgan fingerprint density at radius 2 is 1.92 bits per heavy atom. The van der Waals surface area contributed by atoms with Gasteiger partial charge < -0.3 is 15.0 Å². The number of likely N-dealkylation sites (tertiary alicyclic amines) is 1. The quantitative estimate of drug-likeness (QED) is 0.893. The molecule has 0 unspecified atom stereocenters. The second-order valence-corrected chi connectivity index (χ2v) is 7.85. The summed E-state index contributed by atoms with van der Waals surface area (Å²) in [5.41, 5.74) is 1.13. The van der Waals surface area contributed by atoms with Gasteiger partial charge in [-0.2, -0.15) is 0 Å². The van der Waals surface area contributed by atoms with Gasteiger partial charge in [-0.1, -0.05) is 0 Å². The zero-order chi connectivity index (χ0) is 18.9. The molecule has 1 aromatic carbocycles. The summed E-state index contributed by atoms with van der Waals surface area (Å²) in [6.45, 7) is 7.39. The molecule has 1 aliphatic rings. The van der Waals surface area contributed by atoms with Gasteiger partial charge in [0.1, 0.15) is 11.9 Å². The molecule has 1 fully saturated rings. The van der Waals surface area contributed by atoms with Gasteiger partial charge in [0.05, 0.1) is 11.0 Å². The van der Waals surface area contributed by atoms with Gasteiger partial charge in [-0.25, -0.2) is 14.3 Å². The van der Waals surface area contributed by atoms with E-state index in [1.807, 2.05) is 20.8 Å². The normalized spacial score (nSPS) is 16.6. The Hall–Kier alpha value is -2.41. The van der Waals surface area contributed by atoms with Crippen molar-refractivity contribution >= 4 is 23.0 Å². The third-order valence-electron chi connectivity index (χ3n) is 4.45. The molecule has 2 heterocycles. The van der Waals surface area contributed by atoms with E-state index in [2.05, 4.69) is 22.2 Å². The van der Waals surface area contributed by atoms with E-state index in [0.717, 1.165) is 25.9 Å². The predicted molar refractivity (Wildman–Crippen MR) is 99.4 cm³/mol. The first-order chi connectivity index (χ1) is 12.2. The third-order valence-corrected chi connectivity index (χ3v) is 4.45. The average Bonchev–Trinajstić information content (AvgIpc) is 2.98. The summed E-state index contributed by atoms with van der Waals surface area (Å²) in [6.07, 6.45) is 2.81. The highest BCUT2D eigenvalue weighted by atomic mass is 16.6. The van der Waals surface area contributed by atoms with Crippen LogP contribution in [0.1, 0.15) is 44.0 Å². The lowest BCUT2D eigenvalue weighted by molar-refractivity contribution is 0.0543. The van der Waals surface area contributed by atoms with Crippen molar-refractivity contribution in [3.05, 3.63) is 30.1 Å². The molecule has 0 saturated carbocycles. The number of nitrogens with one attached hydrogen (secondary N) is 1. The molecule has 1 aromatic heterocycles. The monoisotopic (exact) mass is 358 g/mol. The number of carbonyl (C=O) groups excluding carboxylic acids is 2. The summed E-state index contributed by atoms with van der Waals surface area (Å²) < 4.78 is 6.74. The van der Waals surface area contributed by atoms with Gasteiger partial charge in [-0.05, 0) is 71.9 Å². The molecule has 2 aromatic rings. The van der Waals surface area contributed by atoms with Gasteiger partial charge in [0, 0.05) is 11.6 Å². The minimum atomic E-state index is -0.600. The fourth-order valence-corrected chi connectivity index (χ4v) is 3.03. The molecule has 1 N–H and O–H groups in total. The fourth-order valence-electron chi connectivity index (χ4n) is 3.03. The number of amides is 1. The lowest BCUT2D eigenvalue weighted by atomic mass is 10.0. The van der Waals surface area contributed by atoms with Crippen molar-refractivity contribution in [2.24, 2.45) is 0 Å². The summed E-state index contributed by atoms with van der Waals surface area (Å²) in [5, 5.41) is 3.09. The van der Waals surface area contributed by atoms with Crippen LogP contribution in [0.25, 0.3) is 11.0 Å². The van der Waals surface area contributed by atoms with Crippen LogP contribution in [-0.4, -0.2) is 58.2 Å². The van der Waals surface area contributed by atoms with Crippen LogP contribution in [0.15, 0.2) is 24.5 Å². The van der Waals surface area contributed by atoms with Gasteiger partial charge in [0.15, 0.2) is 0 Å². The number of rotatable bonds is 2. The lowest BCUT2D eigenvalue weighted by Gasteiger charge is -2.29. The van der Waals surface area contributed by atoms with Crippen molar-refractivity contribution in [3.63, 3.8) is 0 Å². The summed E-state index contributed by atoms with van der Waals surface area (Å²) in [6, 6.07) is 5.36. The predicted octanol–water partition coefficient (Wildman–Crippen LogP) is 2.64. The Balaban J connectivity index is 1.78. The SMILES string of the molecule is CN1CCC(NC(=O)c2ccc3ncn(C(=O)OC(C)(C)C)c3c2)CC1. The number of hydrogen-bond donors (Lipinski definition) is 1. The Kier molecular flexibility index (Phi) is 5.00. The highest BCUT2D eigenvalue weighted by Crippen LogP contribution is 2.18. The molecular weight excluding hydrogens is 332 g/mol. The second-order valence-electron chi connectivity index (χ2n) is 7.85. The number of aromatic nitrogens is 2. The van der Waals surface area contributed by atoms with Gasteiger partial charge >= 0.3 is 6.09 Å². The average molecular weight is 358 g/mol. The van der Waals surface area contributed by atoms with Crippen molar-refractivity contribution in [1.29, 1.82) is 0 Å². The zero-order valence-corrected chi connectivity index (χ0v) is 15.8. The third kappa shape index (κ3) is 4.22. The number of fused-ring (bicyclic) bond motifs is 1. The van der Waals surface area contributed by atoms with E-state index in [1.165, 1.54) is 10.9 Å². The van der Waals surface area contributed by atoms with Crippen molar-refractivity contribution in [2.75, 3.05) is 20.1 Å². The topological polar surface area (TPSA) is 76.5 Å². The fraction of sp³-hybridized carbons (Fsp3) is 0.526. The molecule has 1 aliphatic heterocycles. The molecule has 0 bridgehead atoms. The van der Waals surface area contributed by atoms with Crippen LogP contribution in [0.4, 0.5) is 4.79 Å². The van der Waals surface area contributed by atoms with Crippen LogP contribution in [-0.2, 0) is 4.74 Å². The highest BCUT2D eigenvalue weighted by Gasteiger charge is 2.22. The molecule has 0 atom stereocenters. The lowest BCUT2D eigenvalue weighted by Crippen LogP contribution is -2.43. The van der Waals surface area contributed by atoms with Crippen LogP contribution < -0.4 is 5.32 Å². The van der Waals surface area contributed by atoms with E-state index in [0.29, 0.717) is 16.6 Å². The van der Waals surface area contributed by atoms with Crippen LogP contribution in [0.5, 0.6) is 0 Å². The van der Waals surface area contributed by atoms with Crippen molar-refractivity contribution in [3.8, 4) is 0 Å². The van der Waals surface area contributed by atoms with Crippen molar-refractivity contribution < 1.29 is 14.3 Å². The van der Waals surface area contributed by atoms with Crippen molar-refractivity contribution in [1.82, 2.24) is 19.8 Å². The van der Waals surface area contributed by atoms with Gasteiger partial charge in [0.2, 0.25) is 0 Å². The maximum Gasteiger partial charge on any atom is 0.420 e. The molecule has 7 nitrogen and oxygen atoms in total. The summed E-state index contributed by atoms with van der Waals surface area (Å²) in [7, 11) is 2.09. The van der Waals surface area contributed by atoms with E-state index >= 15 is 0 Å². The first-order valence-electron chi connectivity index (χ1n) is 8.93. The van der Waals surface area contributed by atoms with E-state index < -0.39 is 11.7 Å². The number of nitrogens with zero attached hydrogens (tertiary/aromatic N) is 3. The smallest absolute Gasteiger partial charge is 0.420 e. The number of piperidine rings is 1. The van der Waals surface area contributed by atoms with E-state index in [9.17, 15) is 9.59 Å². The Morgan fingerprint density at radius 3 is 2.58 bits per heavy atom. The van der Waals surface area contributed by atoms with Crippen LogP contribution in [0, 0.1) is 0 Å². The van der Waals surface area contributed by atoms with E-state index in [-0.39, 0.29) is 11.9 Å². The van der Waals surface area contributed by atoms with Crippen LogP contribution in [0.2, 0.25) is 0 Å². The summed E-state index contributed by atoms with van der Waals surface area (Å²) in [5.74, 6) is -0.126. The van der Waals surface area contributed by atoms with E-state index in [1.54, 1.807) is 18.2 Å². The van der Waals surface area contributed by atoms with Crippen molar-refractivity contribution in [2.45, 2.75) is 45.3 Å². The molecular formula is C19H26N4O3. The largest absolute Gasteiger partial charge is 0.443 e. The molecule has 7 heteroatoms. The minimum Gasteiger partial charge on any atom is -0.443 e. The Labute approximate surface area is 153 Å². The summed E-state index contributed by atoms with van der Waals surface area (Å²) >= 11 is 0. The second kappa shape index (κ2) is 7.07. The maximum atomic E-state index is 12.6. The Bertz CT molecular complexity index is 814. The number of hydrogen-bond acceptors (Lipinski definition) is 5. The van der Waals surface area contributed by atoms with E-state index in [4.69, 9.17) is 4.74 Å². The molecule has 140 valence electrons. The summed E-state index contributed by atoms with van der Waals surface area (Å²) in [4.78, 5) is 31.4. The molecule has 3 rings (SSSR count). The Morgan fingerprint density at radius 1 is 1.23 bits per heavy atom. The first kappa shape index (κ1) is 18.4. The minimum absolute atomic E-state index is 0.126. The number of benzene rings is 1. The molecule has 1 saturated heterocycles. The number of imidazole rings is 1. The first-order valence-corrected chi connectivity index (χ1v) is 8.93.